The Morgan fingerprint density at radius 1 is 1.07 bits per heavy atom. The number of halogens is 6. The van der Waals surface area contributed by atoms with Crippen molar-refractivity contribution in [1.82, 2.24) is 5.32 Å². The van der Waals surface area contributed by atoms with E-state index in [0.717, 1.165) is 43.5 Å². The molecule has 0 aromatic heterocycles. The third kappa shape index (κ3) is 6.13. The number of methoxy groups -OCH3 is 1. The topological polar surface area (TPSA) is 58.6 Å². The number of carbonyl (C=O) groups excluding carboxylic acids is 2. The molecule has 0 radical (unpaired) electrons. The highest BCUT2D eigenvalue weighted by Gasteiger charge is 2.28. The van der Waals surface area contributed by atoms with Crippen LogP contribution in [0.2, 0.25) is 0 Å². The van der Waals surface area contributed by atoms with Crippen LogP contribution in [-0.2, 0) is 4.74 Å². The zero-order valence-electron chi connectivity index (χ0n) is 15.2. The molecule has 0 saturated carbocycles. The van der Waals surface area contributed by atoms with Crippen LogP contribution in [0.1, 0.15) is 10.4 Å². The van der Waals surface area contributed by atoms with E-state index in [0.29, 0.717) is 16.7 Å². The summed E-state index contributed by atoms with van der Waals surface area (Å²) in [6.45, 7) is -0.565. The maximum Gasteiger partial charge on any atom is 0.398 e. The number of anilines is 1. The summed E-state index contributed by atoms with van der Waals surface area (Å²) in [4.78, 5) is 25.0. The van der Waals surface area contributed by atoms with E-state index >= 15 is 0 Å². The second-order valence-electron chi connectivity index (χ2n) is 5.72. The molecule has 2 aromatic carbocycles. The van der Waals surface area contributed by atoms with Crippen molar-refractivity contribution in [2.24, 2.45) is 0 Å². The molecule has 0 saturated heterocycles. The van der Waals surface area contributed by atoms with Crippen molar-refractivity contribution < 1.29 is 40.7 Å². The predicted molar refractivity (Wildman–Crippen MR) is 96.8 cm³/mol. The summed E-state index contributed by atoms with van der Waals surface area (Å²) in [6, 6.07) is 4.32. The smallest absolute Gasteiger partial charge is 0.364 e. The summed E-state index contributed by atoms with van der Waals surface area (Å²) in [6.07, 6.45) is -4.45. The van der Waals surface area contributed by atoms with E-state index in [-0.39, 0.29) is 4.90 Å². The lowest BCUT2D eigenvalue weighted by Crippen LogP contribution is -2.44. The van der Waals surface area contributed by atoms with Gasteiger partial charge in [0.2, 0.25) is 0 Å². The number of thioether (sulfide) groups is 1. The van der Waals surface area contributed by atoms with Crippen LogP contribution in [0.5, 0.6) is 0 Å². The SMILES string of the molecule is COCN(C(=O)NC(=O)c1c(F)cccc1F)c1ccc(SCC(F)(F)F)cc1F. The molecule has 1 N–H and O–H groups in total. The molecule has 0 aliphatic heterocycles. The lowest BCUT2D eigenvalue weighted by molar-refractivity contribution is -0.105. The number of alkyl halides is 3. The van der Waals surface area contributed by atoms with E-state index in [9.17, 15) is 35.9 Å². The molecule has 3 amide bonds. The number of hydrogen-bond donors (Lipinski definition) is 1. The highest BCUT2D eigenvalue weighted by Crippen LogP contribution is 2.30. The number of carbonyl (C=O) groups is 2. The second-order valence-corrected chi connectivity index (χ2v) is 6.77. The zero-order chi connectivity index (χ0) is 22.5. The molecule has 0 unspecified atom stereocenters. The maximum atomic E-state index is 14.4. The highest BCUT2D eigenvalue weighted by molar-refractivity contribution is 7.99. The fraction of sp³-hybridized carbons (Fsp3) is 0.222. The number of ether oxygens (including phenoxy) is 1. The van der Waals surface area contributed by atoms with Crippen molar-refractivity contribution in [2.45, 2.75) is 11.1 Å². The minimum absolute atomic E-state index is 0.0455. The fourth-order valence-corrected chi connectivity index (χ4v) is 2.95. The minimum atomic E-state index is -4.45. The lowest BCUT2D eigenvalue weighted by Gasteiger charge is -2.22. The highest BCUT2D eigenvalue weighted by atomic mass is 32.2. The monoisotopic (exact) mass is 452 g/mol. The van der Waals surface area contributed by atoms with Gasteiger partial charge in [-0.05, 0) is 30.3 Å². The molecule has 0 spiro atoms. The third-order valence-electron chi connectivity index (χ3n) is 3.53. The largest absolute Gasteiger partial charge is 0.398 e. The van der Waals surface area contributed by atoms with Gasteiger partial charge in [0.25, 0.3) is 5.91 Å². The van der Waals surface area contributed by atoms with E-state index in [4.69, 9.17) is 4.74 Å². The van der Waals surface area contributed by atoms with Gasteiger partial charge in [-0.2, -0.15) is 13.2 Å². The zero-order valence-corrected chi connectivity index (χ0v) is 16.0. The molecule has 5 nitrogen and oxygen atoms in total. The van der Waals surface area contributed by atoms with Crippen LogP contribution < -0.4 is 10.2 Å². The summed E-state index contributed by atoms with van der Waals surface area (Å²) in [7, 11) is 1.16. The molecular formula is C18H14F6N2O3S. The van der Waals surface area contributed by atoms with Crippen LogP contribution in [0, 0.1) is 17.5 Å². The van der Waals surface area contributed by atoms with Gasteiger partial charge in [0, 0.05) is 12.0 Å². The molecule has 0 fully saturated rings. The van der Waals surface area contributed by atoms with E-state index < -0.39 is 59.3 Å². The van der Waals surface area contributed by atoms with E-state index in [1.54, 1.807) is 5.32 Å². The van der Waals surface area contributed by atoms with Crippen LogP contribution in [0.3, 0.4) is 0 Å². The van der Waals surface area contributed by atoms with Crippen LogP contribution in [-0.4, -0.2) is 37.7 Å². The number of nitrogens with zero attached hydrogens (tertiary/aromatic N) is 1. The van der Waals surface area contributed by atoms with Gasteiger partial charge >= 0.3 is 12.2 Å². The first kappa shape index (κ1) is 23.5. The van der Waals surface area contributed by atoms with Crippen molar-refractivity contribution in [2.75, 3.05) is 24.5 Å². The van der Waals surface area contributed by atoms with Crippen molar-refractivity contribution in [3.8, 4) is 0 Å². The molecule has 30 heavy (non-hydrogen) atoms. The number of rotatable bonds is 6. The van der Waals surface area contributed by atoms with Crippen LogP contribution in [0.25, 0.3) is 0 Å². The average Bonchev–Trinajstić information content (AvgIpc) is 2.64. The number of imide groups is 1. The van der Waals surface area contributed by atoms with Gasteiger partial charge < -0.3 is 4.74 Å². The number of benzene rings is 2. The Bertz CT molecular complexity index is 918. The van der Waals surface area contributed by atoms with Gasteiger partial charge in [0.1, 0.15) is 29.7 Å². The first-order valence-electron chi connectivity index (χ1n) is 8.08. The average molecular weight is 452 g/mol. The Morgan fingerprint density at radius 2 is 1.70 bits per heavy atom. The minimum Gasteiger partial charge on any atom is -0.364 e. The van der Waals surface area contributed by atoms with Crippen LogP contribution in [0.15, 0.2) is 41.3 Å². The molecular weight excluding hydrogens is 438 g/mol. The first-order valence-corrected chi connectivity index (χ1v) is 9.07. The number of nitrogens with one attached hydrogen (secondary N) is 1. The van der Waals surface area contributed by atoms with Gasteiger partial charge in [-0.3, -0.25) is 15.0 Å². The van der Waals surface area contributed by atoms with E-state index in [1.165, 1.54) is 0 Å². The third-order valence-corrected chi connectivity index (χ3v) is 4.59. The lowest BCUT2D eigenvalue weighted by atomic mass is 10.2. The Balaban J connectivity index is 2.22. The quantitative estimate of drug-likeness (QED) is 0.392. The number of urea groups is 1. The van der Waals surface area contributed by atoms with Crippen molar-refractivity contribution in [3.05, 3.63) is 59.4 Å². The second kappa shape index (κ2) is 9.85. The summed E-state index contributed by atoms with van der Waals surface area (Å²) in [5.74, 6) is -6.14. The summed E-state index contributed by atoms with van der Waals surface area (Å²) >= 11 is 0.342. The van der Waals surface area contributed by atoms with Gasteiger partial charge in [-0.1, -0.05) is 6.07 Å². The number of amides is 3. The van der Waals surface area contributed by atoms with Crippen molar-refractivity contribution in [1.29, 1.82) is 0 Å². The van der Waals surface area contributed by atoms with Gasteiger partial charge in [0.05, 0.1) is 11.4 Å². The molecule has 0 aliphatic rings. The van der Waals surface area contributed by atoms with Crippen LogP contribution in [0.4, 0.5) is 36.8 Å². The molecule has 162 valence electrons. The first-order chi connectivity index (χ1) is 14.0. The predicted octanol–water partition coefficient (Wildman–Crippen LogP) is 4.72. The molecule has 0 heterocycles. The van der Waals surface area contributed by atoms with Gasteiger partial charge in [0.15, 0.2) is 0 Å². The molecule has 12 heteroatoms. The summed E-state index contributed by atoms with van der Waals surface area (Å²) < 4.78 is 83.5. The molecule has 2 aromatic rings. The van der Waals surface area contributed by atoms with Crippen molar-refractivity contribution >= 4 is 29.4 Å². The molecule has 0 bridgehead atoms. The summed E-state index contributed by atoms with van der Waals surface area (Å²) in [5, 5.41) is 1.72. The Morgan fingerprint density at radius 3 is 2.23 bits per heavy atom. The molecule has 0 aliphatic carbocycles. The van der Waals surface area contributed by atoms with Gasteiger partial charge in [-0.25, -0.2) is 18.0 Å². The fourth-order valence-electron chi connectivity index (χ4n) is 2.27. The molecule has 0 atom stereocenters. The van der Waals surface area contributed by atoms with Crippen LogP contribution >= 0.6 is 11.8 Å². The molecule has 2 rings (SSSR count). The standard InChI is InChI=1S/C18H14F6N2O3S/c1-29-9-26(14-6-5-10(7-13(14)21)30-8-18(22,23)24)17(28)25-16(27)15-11(19)3-2-4-12(15)20/h2-7H,8-9H2,1H3,(H,25,27,28). The Kier molecular flexibility index (Phi) is 7.73. The maximum absolute atomic E-state index is 14.4. The van der Waals surface area contributed by atoms with Crippen molar-refractivity contribution in [3.63, 3.8) is 0 Å². The van der Waals surface area contributed by atoms with Gasteiger partial charge in [-0.15, -0.1) is 11.8 Å². The normalized spacial score (nSPS) is 11.3. The van der Waals surface area contributed by atoms with E-state index in [2.05, 4.69) is 0 Å². The Labute approximate surface area is 171 Å². The number of hydrogen-bond acceptors (Lipinski definition) is 4. The summed E-state index contributed by atoms with van der Waals surface area (Å²) in [5.41, 5.74) is -1.44. The Hall–Kier alpha value is -2.73. The van der Waals surface area contributed by atoms with E-state index in [1.807, 2.05) is 0 Å².